The van der Waals surface area contributed by atoms with Gasteiger partial charge in [-0.15, -0.1) is 12.4 Å². The molecule has 0 amide bonds. The molecule has 15 heavy (non-hydrogen) atoms. The van der Waals surface area contributed by atoms with Crippen LogP contribution in [0, 0.1) is 6.92 Å². The quantitative estimate of drug-likeness (QED) is 0.840. The molecular formula is C10H13ClN4. The minimum Gasteiger partial charge on any atom is -0.377 e. The van der Waals surface area contributed by atoms with E-state index in [0.29, 0.717) is 6.54 Å². The molecule has 2 aromatic heterocycles. The lowest BCUT2D eigenvalue weighted by Gasteiger charge is -2.03. The van der Waals surface area contributed by atoms with Crippen LogP contribution in [0.1, 0.15) is 11.4 Å². The van der Waals surface area contributed by atoms with Crippen molar-refractivity contribution in [1.29, 1.82) is 0 Å². The molecule has 0 fully saturated rings. The maximum atomic E-state index is 4.12. The minimum atomic E-state index is 0. The molecule has 2 rings (SSSR count). The Labute approximate surface area is 94.6 Å². The van der Waals surface area contributed by atoms with Gasteiger partial charge in [-0.25, -0.2) is 4.98 Å². The SMILES string of the molecule is Cc1cncc(NCc2ncc[nH]2)c1.Cl. The van der Waals surface area contributed by atoms with Gasteiger partial charge < -0.3 is 10.3 Å². The third-order valence-corrected chi connectivity index (χ3v) is 1.89. The van der Waals surface area contributed by atoms with Gasteiger partial charge in [0, 0.05) is 24.8 Å². The van der Waals surface area contributed by atoms with Gasteiger partial charge in [0.2, 0.25) is 0 Å². The molecule has 0 saturated carbocycles. The van der Waals surface area contributed by atoms with Gasteiger partial charge in [-0.2, -0.15) is 0 Å². The van der Waals surface area contributed by atoms with Crippen molar-refractivity contribution >= 4 is 18.1 Å². The Morgan fingerprint density at radius 2 is 2.27 bits per heavy atom. The lowest BCUT2D eigenvalue weighted by atomic mass is 10.3. The Bertz CT molecular complexity index is 400. The Balaban J connectivity index is 0.00000112. The summed E-state index contributed by atoms with van der Waals surface area (Å²) in [5.74, 6) is 0.923. The molecule has 5 heteroatoms. The zero-order chi connectivity index (χ0) is 9.80. The van der Waals surface area contributed by atoms with Crippen molar-refractivity contribution in [2.45, 2.75) is 13.5 Å². The van der Waals surface area contributed by atoms with E-state index in [1.165, 1.54) is 0 Å². The monoisotopic (exact) mass is 224 g/mol. The maximum Gasteiger partial charge on any atom is 0.125 e. The first kappa shape index (κ1) is 11.5. The first-order chi connectivity index (χ1) is 6.84. The fourth-order valence-electron chi connectivity index (χ4n) is 1.23. The molecule has 0 aliphatic rings. The van der Waals surface area contributed by atoms with Crippen LogP contribution in [0.5, 0.6) is 0 Å². The van der Waals surface area contributed by atoms with E-state index in [1.807, 2.05) is 19.3 Å². The zero-order valence-electron chi connectivity index (χ0n) is 8.40. The Morgan fingerprint density at radius 3 is 2.93 bits per heavy atom. The van der Waals surface area contributed by atoms with Gasteiger partial charge in [-0.05, 0) is 18.6 Å². The van der Waals surface area contributed by atoms with Crippen LogP contribution in [-0.2, 0) is 6.54 Å². The smallest absolute Gasteiger partial charge is 0.125 e. The zero-order valence-corrected chi connectivity index (χ0v) is 9.21. The summed E-state index contributed by atoms with van der Waals surface area (Å²) in [7, 11) is 0. The van der Waals surface area contributed by atoms with Crippen LogP contribution in [-0.4, -0.2) is 15.0 Å². The normalized spacial score (nSPS) is 9.40. The van der Waals surface area contributed by atoms with Gasteiger partial charge in [0.05, 0.1) is 12.2 Å². The van der Waals surface area contributed by atoms with E-state index in [0.717, 1.165) is 17.1 Å². The predicted molar refractivity (Wildman–Crippen MR) is 62.1 cm³/mol. The van der Waals surface area contributed by atoms with E-state index in [2.05, 4.69) is 26.3 Å². The standard InChI is InChI=1S/C10H12N4.ClH/c1-8-4-9(6-11-5-8)14-7-10-12-2-3-13-10;/h2-6,14H,7H2,1H3,(H,12,13);1H. The van der Waals surface area contributed by atoms with Crippen LogP contribution in [0.4, 0.5) is 5.69 Å². The summed E-state index contributed by atoms with van der Waals surface area (Å²) in [5.41, 5.74) is 2.16. The van der Waals surface area contributed by atoms with E-state index in [4.69, 9.17) is 0 Å². The number of imidazole rings is 1. The van der Waals surface area contributed by atoms with E-state index in [-0.39, 0.29) is 12.4 Å². The van der Waals surface area contributed by atoms with Gasteiger partial charge >= 0.3 is 0 Å². The second-order valence-corrected chi connectivity index (χ2v) is 3.14. The van der Waals surface area contributed by atoms with E-state index in [1.54, 1.807) is 12.4 Å². The van der Waals surface area contributed by atoms with Crippen molar-refractivity contribution in [2.24, 2.45) is 0 Å². The Kier molecular flexibility index (Phi) is 4.12. The van der Waals surface area contributed by atoms with Crippen LogP contribution in [0.15, 0.2) is 30.9 Å². The number of halogens is 1. The number of nitrogens with zero attached hydrogens (tertiary/aromatic N) is 2. The highest BCUT2D eigenvalue weighted by atomic mass is 35.5. The molecule has 2 heterocycles. The number of pyridine rings is 1. The highest BCUT2D eigenvalue weighted by molar-refractivity contribution is 5.85. The molecule has 0 aliphatic heterocycles. The maximum absolute atomic E-state index is 4.12. The summed E-state index contributed by atoms with van der Waals surface area (Å²) in [6.07, 6.45) is 7.19. The second-order valence-electron chi connectivity index (χ2n) is 3.14. The summed E-state index contributed by atoms with van der Waals surface area (Å²) < 4.78 is 0. The minimum absolute atomic E-state index is 0. The van der Waals surface area contributed by atoms with Crippen molar-refractivity contribution in [3.05, 3.63) is 42.2 Å². The molecule has 0 aliphatic carbocycles. The highest BCUT2D eigenvalue weighted by Gasteiger charge is 1.95. The number of aryl methyl sites for hydroxylation is 1. The number of rotatable bonds is 3. The number of aromatic nitrogens is 3. The Hall–Kier alpha value is -1.55. The number of anilines is 1. The number of aromatic amines is 1. The van der Waals surface area contributed by atoms with Crippen LogP contribution in [0.3, 0.4) is 0 Å². The van der Waals surface area contributed by atoms with E-state index in [9.17, 15) is 0 Å². The summed E-state index contributed by atoms with van der Waals surface area (Å²) in [6, 6.07) is 2.05. The van der Waals surface area contributed by atoms with Gasteiger partial charge in [0.25, 0.3) is 0 Å². The second kappa shape index (κ2) is 5.36. The molecule has 2 aromatic rings. The van der Waals surface area contributed by atoms with E-state index >= 15 is 0 Å². The molecule has 0 unspecified atom stereocenters. The predicted octanol–water partition coefficient (Wildman–Crippen LogP) is 2.15. The van der Waals surface area contributed by atoms with Crippen LogP contribution < -0.4 is 5.32 Å². The fraction of sp³-hybridized carbons (Fsp3) is 0.200. The third kappa shape index (κ3) is 3.25. The summed E-state index contributed by atoms with van der Waals surface area (Å²) in [5, 5.41) is 3.23. The summed E-state index contributed by atoms with van der Waals surface area (Å²) >= 11 is 0. The van der Waals surface area contributed by atoms with Crippen molar-refractivity contribution in [1.82, 2.24) is 15.0 Å². The summed E-state index contributed by atoms with van der Waals surface area (Å²) in [4.78, 5) is 11.2. The number of nitrogens with one attached hydrogen (secondary N) is 2. The van der Waals surface area contributed by atoms with Crippen LogP contribution in [0.2, 0.25) is 0 Å². The number of hydrogen-bond donors (Lipinski definition) is 2. The molecule has 0 radical (unpaired) electrons. The van der Waals surface area contributed by atoms with Crippen LogP contribution >= 0.6 is 12.4 Å². The molecule has 0 aromatic carbocycles. The average Bonchev–Trinajstić information content (AvgIpc) is 2.67. The molecule has 0 bridgehead atoms. The van der Waals surface area contributed by atoms with Crippen molar-refractivity contribution in [2.75, 3.05) is 5.32 Å². The lowest BCUT2D eigenvalue weighted by Crippen LogP contribution is -2.01. The fourth-order valence-corrected chi connectivity index (χ4v) is 1.23. The molecular weight excluding hydrogens is 212 g/mol. The van der Waals surface area contributed by atoms with E-state index < -0.39 is 0 Å². The largest absolute Gasteiger partial charge is 0.377 e. The summed E-state index contributed by atoms with van der Waals surface area (Å²) in [6.45, 7) is 2.71. The first-order valence-corrected chi connectivity index (χ1v) is 4.48. The lowest BCUT2D eigenvalue weighted by molar-refractivity contribution is 0.996. The van der Waals surface area contributed by atoms with Gasteiger partial charge in [-0.3, -0.25) is 4.98 Å². The number of H-pyrrole nitrogens is 1. The Morgan fingerprint density at radius 1 is 1.40 bits per heavy atom. The van der Waals surface area contributed by atoms with Crippen LogP contribution in [0.25, 0.3) is 0 Å². The molecule has 0 saturated heterocycles. The molecule has 80 valence electrons. The van der Waals surface area contributed by atoms with Gasteiger partial charge in [0.1, 0.15) is 5.82 Å². The molecule has 0 spiro atoms. The topological polar surface area (TPSA) is 53.6 Å². The van der Waals surface area contributed by atoms with Crippen molar-refractivity contribution in [3.63, 3.8) is 0 Å². The molecule has 4 nitrogen and oxygen atoms in total. The third-order valence-electron chi connectivity index (χ3n) is 1.89. The molecule has 0 atom stereocenters. The first-order valence-electron chi connectivity index (χ1n) is 4.48. The van der Waals surface area contributed by atoms with Gasteiger partial charge in [0.15, 0.2) is 0 Å². The number of hydrogen-bond acceptors (Lipinski definition) is 3. The average molecular weight is 225 g/mol. The molecule has 2 N–H and O–H groups in total. The van der Waals surface area contributed by atoms with Gasteiger partial charge in [-0.1, -0.05) is 0 Å². The van der Waals surface area contributed by atoms with Crippen molar-refractivity contribution in [3.8, 4) is 0 Å². The van der Waals surface area contributed by atoms with Crippen molar-refractivity contribution < 1.29 is 0 Å². The highest BCUT2D eigenvalue weighted by Crippen LogP contribution is 2.07.